The lowest BCUT2D eigenvalue weighted by Crippen LogP contribution is -2.32. The highest BCUT2D eigenvalue weighted by Gasteiger charge is 2.36. The highest BCUT2D eigenvalue weighted by atomic mass is 19.4. The van der Waals surface area contributed by atoms with Gasteiger partial charge in [0.15, 0.2) is 0 Å². The molecule has 0 aliphatic carbocycles. The van der Waals surface area contributed by atoms with Gasteiger partial charge in [0.2, 0.25) is 0 Å². The molecule has 11 heavy (non-hydrogen) atoms. The summed E-state index contributed by atoms with van der Waals surface area (Å²) in [6.45, 7) is 0.890. The predicted octanol–water partition coefficient (Wildman–Crippen LogP) is 0.485. The van der Waals surface area contributed by atoms with Crippen LogP contribution in [0.3, 0.4) is 0 Å². The molecule has 0 spiro atoms. The molecule has 1 aliphatic rings. The molecule has 5 heteroatoms. The van der Waals surface area contributed by atoms with Crippen LogP contribution in [0.15, 0.2) is 0 Å². The van der Waals surface area contributed by atoms with E-state index in [0.717, 1.165) is 0 Å². The van der Waals surface area contributed by atoms with Gasteiger partial charge in [-0.1, -0.05) is 0 Å². The van der Waals surface area contributed by atoms with Crippen molar-refractivity contribution in [3.63, 3.8) is 0 Å². The van der Waals surface area contributed by atoms with Crippen LogP contribution in [-0.4, -0.2) is 25.3 Å². The second kappa shape index (κ2) is 2.98. The lowest BCUT2D eigenvalue weighted by Gasteiger charge is -2.15. The Bertz CT molecular complexity index is 134. The Morgan fingerprint density at radius 3 is 2.36 bits per heavy atom. The van der Waals surface area contributed by atoms with Crippen LogP contribution in [0.2, 0.25) is 0 Å². The molecule has 0 bridgehead atoms. The number of halogens is 3. The Kier molecular flexibility index (Phi) is 2.39. The zero-order chi connectivity index (χ0) is 8.48. The van der Waals surface area contributed by atoms with Crippen LogP contribution in [-0.2, 0) is 0 Å². The molecule has 0 saturated carbocycles. The standard InChI is InChI=1S/C6H11F3N2/c7-6(8,9)1-4-2-11-3-5(4)10/h4-5,11H,1-3,10H2/t4-,5+/m0/s1. The van der Waals surface area contributed by atoms with Crippen molar-refractivity contribution in [3.05, 3.63) is 0 Å². The van der Waals surface area contributed by atoms with E-state index in [9.17, 15) is 13.2 Å². The average Bonchev–Trinajstić information content (AvgIpc) is 2.12. The van der Waals surface area contributed by atoms with Crippen LogP contribution < -0.4 is 11.1 Å². The number of hydrogen-bond acceptors (Lipinski definition) is 2. The fourth-order valence-corrected chi connectivity index (χ4v) is 1.27. The van der Waals surface area contributed by atoms with Gasteiger partial charge in [-0.15, -0.1) is 0 Å². The summed E-state index contributed by atoms with van der Waals surface area (Å²) >= 11 is 0. The van der Waals surface area contributed by atoms with Crippen LogP contribution in [0.4, 0.5) is 13.2 Å². The largest absolute Gasteiger partial charge is 0.389 e. The van der Waals surface area contributed by atoms with Crippen LogP contribution in [0.25, 0.3) is 0 Å². The quantitative estimate of drug-likeness (QED) is 0.597. The summed E-state index contributed by atoms with van der Waals surface area (Å²) in [5, 5.41) is 2.82. The molecule has 3 N–H and O–H groups in total. The van der Waals surface area contributed by atoms with E-state index in [2.05, 4.69) is 5.32 Å². The summed E-state index contributed by atoms with van der Waals surface area (Å²) in [5.74, 6) is -0.435. The van der Waals surface area contributed by atoms with Crippen LogP contribution in [0, 0.1) is 5.92 Å². The third-order valence-electron chi connectivity index (χ3n) is 1.89. The molecule has 0 amide bonds. The Morgan fingerprint density at radius 1 is 1.36 bits per heavy atom. The SMILES string of the molecule is N[C@@H]1CNC[C@@H]1CC(F)(F)F. The first-order valence-electron chi connectivity index (χ1n) is 3.52. The molecule has 0 aromatic carbocycles. The fourth-order valence-electron chi connectivity index (χ4n) is 1.27. The first kappa shape index (κ1) is 8.80. The number of rotatable bonds is 1. The summed E-state index contributed by atoms with van der Waals surface area (Å²) in [4.78, 5) is 0. The van der Waals surface area contributed by atoms with Crippen molar-refractivity contribution in [3.8, 4) is 0 Å². The van der Waals surface area contributed by atoms with Crippen molar-refractivity contribution in [1.29, 1.82) is 0 Å². The molecule has 1 heterocycles. The minimum atomic E-state index is -4.08. The summed E-state index contributed by atoms with van der Waals surface area (Å²) < 4.78 is 35.4. The van der Waals surface area contributed by atoms with Gasteiger partial charge in [0, 0.05) is 19.0 Å². The van der Waals surface area contributed by atoms with Gasteiger partial charge in [-0.05, 0) is 12.5 Å². The Hall–Kier alpha value is -0.290. The number of nitrogens with two attached hydrogens (primary N) is 1. The Labute approximate surface area is 62.9 Å². The van der Waals surface area contributed by atoms with Crippen molar-refractivity contribution in [2.45, 2.75) is 18.6 Å². The Morgan fingerprint density at radius 2 is 2.00 bits per heavy atom. The van der Waals surface area contributed by atoms with E-state index in [1.54, 1.807) is 0 Å². The summed E-state index contributed by atoms with van der Waals surface area (Å²) in [6.07, 6.45) is -4.84. The Balaban J connectivity index is 2.37. The topological polar surface area (TPSA) is 38.0 Å². The molecule has 0 unspecified atom stereocenters. The van der Waals surface area contributed by atoms with Crippen LogP contribution in [0.1, 0.15) is 6.42 Å². The van der Waals surface area contributed by atoms with Gasteiger partial charge >= 0.3 is 6.18 Å². The lowest BCUT2D eigenvalue weighted by molar-refractivity contribution is -0.143. The van der Waals surface area contributed by atoms with Gasteiger partial charge < -0.3 is 11.1 Å². The van der Waals surface area contributed by atoms with Gasteiger partial charge in [-0.25, -0.2) is 0 Å². The van der Waals surface area contributed by atoms with Crippen molar-refractivity contribution in [1.82, 2.24) is 5.32 Å². The lowest BCUT2D eigenvalue weighted by atomic mass is 10.0. The number of nitrogens with one attached hydrogen (secondary N) is 1. The summed E-state index contributed by atoms with van der Waals surface area (Å²) in [5.41, 5.74) is 5.42. The van der Waals surface area contributed by atoms with Crippen molar-refractivity contribution < 1.29 is 13.2 Å². The van der Waals surface area contributed by atoms with E-state index in [-0.39, 0.29) is 6.04 Å². The first-order chi connectivity index (χ1) is 4.99. The highest BCUT2D eigenvalue weighted by molar-refractivity contribution is 4.85. The predicted molar refractivity (Wildman–Crippen MR) is 35.0 cm³/mol. The molecular formula is C6H11F3N2. The summed E-state index contributed by atoms with van der Waals surface area (Å²) in [7, 11) is 0. The second-order valence-electron chi connectivity index (χ2n) is 2.90. The van der Waals surface area contributed by atoms with Crippen LogP contribution >= 0.6 is 0 Å². The first-order valence-corrected chi connectivity index (χ1v) is 3.52. The zero-order valence-electron chi connectivity index (χ0n) is 5.99. The van der Waals surface area contributed by atoms with Gasteiger partial charge in [-0.3, -0.25) is 0 Å². The molecule has 0 aromatic heterocycles. The molecule has 0 aromatic rings. The van der Waals surface area contributed by atoms with E-state index >= 15 is 0 Å². The maximum Gasteiger partial charge on any atom is 0.389 e. The van der Waals surface area contributed by atoms with E-state index in [1.807, 2.05) is 0 Å². The van der Waals surface area contributed by atoms with Gasteiger partial charge in [0.25, 0.3) is 0 Å². The highest BCUT2D eigenvalue weighted by Crippen LogP contribution is 2.27. The minimum absolute atomic E-state index is 0.336. The normalized spacial score (nSPS) is 32.7. The average molecular weight is 168 g/mol. The maximum atomic E-state index is 11.8. The molecule has 1 aliphatic heterocycles. The third-order valence-corrected chi connectivity index (χ3v) is 1.89. The molecule has 1 rings (SSSR count). The monoisotopic (exact) mass is 168 g/mol. The van der Waals surface area contributed by atoms with Gasteiger partial charge in [0.1, 0.15) is 0 Å². The van der Waals surface area contributed by atoms with E-state index in [0.29, 0.717) is 13.1 Å². The molecular weight excluding hydrogens is 157 g/mol. The summed E-state index contributed by atoms with van der Waals surface area (Å²) in [6, 6.07) is -0.336. The second-order valence-corrected chi connectivity index (χ2v) is 2.90. The van der Waals surface area contributed by atoms with Crippen molar-refractivity contribution >= 4 is 0 Å². The van der Waals surface area contributed by atoms with Gasteiger partial charge in [-0.2, -0.15) is 13.2 Å². The maximum absolute atomic E-state index is 11.8. The van der Waals surface area contributed by atoms with E-state index < -0.39 is 18.5 Å². The molecule has 2 atom stereocenters. The van der Waals surface area contributed by atoms with Crippen molar-refractivity contribution in [2.24, 2.45) is 11.7 Å². The number of hydrogen-bond donors (Lipinski definition) is 2. The fraction of sp³-hybridized carbons (Fsp3) is 1.00. The smallest absolute Gasteiger partial charge is 0.326 e. The van der Waals surface area contributed by atoms with Crippen molar-refractivity contribution in [2.75, 3.05) is 13.1 Å². The minimum Gasteiger partial charge on any atom is -0.326 e. The molecule has 0 radical (unpaired) electrons. The van der Waals surface area contributed by atoms with E-state index in [4.69, 9.17) is 5.73 Å². The molecule has 66 valence electrons. The molecule has 1 fully saturated rings. The van der Waals surface area contributed by atoms with Gasteiger partial charge in [0.05, 0.1) is 0 Å². The van der Waals surface area contributed by atoms with E-state index in [1.165, 1.54) is 0 Å². The zero-order valence-corrected chi connectivity index (χ0v) is 5.99. The molecule has 1 saturated heterocycles. The number of alkyl halides is 3. The third kappa shape index (κ3) is 2.67. The van der Waals surface area contributed by atoms with Crippen LogP contribution in [0.5, 0.6) is 0 Å². The molecule has 2 nitrogen and oxygen atoms in total.